The number of hydrogen-bond donors (Lipinski definition) is 0. The topological polar surface area (TPSA) is 62.3 Å². The minimum absolute atomic E-state index is 0.0112. The minimum Gasteiger partial charge on any atom is -0.493 e. The number of thiophene rings is 2. The van der Waals surface area contributed by atoms with Gasteiger partial charge < -0.3 is 24.2 Å². The van der Waals surface area contributed by atoms with E-state index in [1.807, 2.05) is 40.6 Å². The van der Waals surface area contributed by atoms with Crippen molar-refractivity contribution in [2.75, 3.05) is 53.5 Å². The summed E-state index contributed by atoms with van der Waals surface area (Å²) in [7, 11) is 3.25. The number of ether oxygens (including phenoxy) is 2. The molecule has 0 radical (unpaired) electrons. The summed E-state index contributed by atoms with van der Waals surface area (Å²) in [5.74, 6) is 1.34. The minimum atomic E-state index is -0.0239. The summed E-state index contributed by atoms with van der Waals surface area (Å²) in [6.07, 6.45) is 3.41. The number of methoxy groups -OCH3 is 2. The molecule has 0 saturated carbocycles. The highest BCUT2D eigenvalue weighted by molar-refractivity contribution is 7.10. The van der Waals surface area contributed by atoms with E-state index in [9.17, 15) is 9.59 Å². The predicted molar refractivity (Wildman–Crippen MR) is 158 cm³/mol. The average Bonchev–Trinajstić information content (AvgIpc) is 3.73. The van der Waals surface area contributed by atoms with Crippen LogP contribution < -0.4 is 9.47 Å². The SMILES string of the molecule is COc1ccc(CCN(Cc2sccc2C)C(=O)CN(CCN2CCCC2)C(=O)Cc2cccs2)cc1OC. The van der Waals surface area contributed by atoms with Crippen molar-refractivity contribution in [3.05, 3.63) is 68.0 Å². The largest absolute Gasteiger partial charge is 0.493 e. The van der Waals surface area contributed by atoms with Gasteiger partial charge in [0, 0.05) is 29.4 Å². The zero-order valence-electron chi connectivity index (χ0n) is 23.2. The molecule has 7 nitrogen and oxygen atoms in total. The van der Waals surface area contributed by atoms with Gasteiger partial charge in [-0.05, 0) is 85.4 Å². The third kappa shape index (κ3) is 8.30. The predicted octanol–water partition coefficient (Wildman–Crippen LogP) is 4.87. The summed E-state index contributed by atoms with van der Waals surface area (Å²) in [5.41, 5.74) is 2.25. The van der Waals surface area contributed by atoms with E-state index in [1.54, 1.807) is 41.8 Å². The Bertz CT molecular complexity index is 1200. The summed E-state index contributed by atoms with van der Waals surface area (Å²) in [6.45, 7) is 6.76. The highest BCUT2D eigenvalue weighted by Crippen LogP contribution is 2.28. The van der Waals surface area contributed by atoms with Gasteiger partial charge in [0.05, 0.1) is 33.7 Å². The second-order valence-corrected chi connectivity index (χ2v) is 11.9. The van der Waals surface area contributed by atoms with Gasteiger partial charge in [-0.2, -0.15) is 0 Å². The number of rotatable bonds is 14. The van der Waals surface area contributed by atoms with Crippen molar-refractivity contribution in [2.45, 2.75) is 39.2 Å². The highest BCUT2D eigenvalue weighted by Gasteiger charge is 2.24. The number of amides is 2. The van der Waals surface area contributed by atoms with Crippen molar-refractivity contribution in [3.63, 3.8) is 0 Å². The van der Waals surface area contributed by atoms with Gasteiger partial charge in [-0.15, -0.1) is 22.7 Å². The van der Waals surface area contributed by atoms with Gasteiger partial charge in [0.1, 0.15) is 0 Å². The van der Waals surface area contributed by atoms with Crippen LogP contribution in [0.15, 0.2) is 47.2 Å². The van der Waals surface area contributed by atoms with Crippen LogP contribution in [0.25, 0.3) is 0 Å². The molecule has 1 aromatic carbocycles. The Labute approximate surface area is 239 Å². The van der Waals surface area contributed by atoms with Crippen molar-refractivity contribution < 1.29 is 19.1 Å². The van der Waals surface area contributed by atoms with Crippen LogP contribution in [-0.2, 0) is 29.0 Å². The van der Waals surface area contributed by atoms with E-state index in [4.69, 9.17) is 9.47 Å². The number of benzene rings is 1. The molecule has 3 heterocycles. The molecular weight excluding hydrogens is 530 g/mol. The first-order valence-corrected chi connectivity index (χ1v) is 15.3. The first-order valence-electron chi connectivity index (χ1n) is 13.5. The van der Waals surface area contributed by atoms with Gasteiger partial charge >= 0.3 is 0 Å². The van der Waals surface area contributed by atoms with Crippen LogP contribution in [0, 0.1) is 6.92 Å². The summed E-state index contributed by atoms with van der Waals surface area (Å²) in [4.78, 5) is 35.4. The average molecular weight is 570 g/mol. The Balaban J connectivity index is 1.48. The van der Waals surface area contributed by atoms with Gasteiger partial charge in [0.2, 0.25) is 11.8 Å². The zero-order valence-corrected chi connectivity index (χ0v) is 24.8. The molecule has 9 heteroatoms. The molecule has 2 amide bonds. The Morgan fingerprint density at radius 2 is 1.72 bits per heavy atom. The number of carbonyl (C=O) groups excluding carboxylic acids is 2. The fraction of sp³-hybridized carbons (Fsp3) is 0.467. The van der Waals surface area contributed by atoms with Crippen molar-refractivity contribution in [3.8, 4) is 11.5 Å². The van der Waals surface area contributed by atoms with Gasteiger partial charge in [0.15, 0.2) is 11.5 Å². The molecule has 1 aliphatic heterocycles. The molecule has 0 N–H and O–H groups in total. The lowest BCUT2D eigenvalue weighted by Gasteiger charge is -2.29. The smallest absolute Gasteiger partial charge is 0.242 e. The number of hydrogen-bond acceptors (Lipinski definition) is 7. The summed E-state index contributed by atoms with van der Waals surface area (Å²) >= 11 is 3.25. The van der Waals surface area contributed by atoms with Gasteiger partial charge in [0.25, 0.3) is 0 Å². The van der Waals surface area contributed by atoms with Crippen LogP contribution in [0.2, 0.25) is 0 Å². The lowest BCUT2D eigenvalue weighted by atomic mass is 10.1. The lowest BCUT2D eigenvalue weighted by Crippen LogP contribution is -2.46. The molecule has 1 aliphatic rings. The molecule has 0 atom stereocenters. The molecule has 210 valence electrons. The molecular formula is C30H39N3O4S2. The highest BCUT2D eigenvalue weighted by atomic mass is 32.1. The maximum Gasteiger partial charge on any atom is 0.242 e. The van der Waals surface area contributed by atoms with Crippen molar-refractivity contribution >= 4 is 34.5 Å². The van der Waals surface area contributed by atoms with Crippen molar-refractivity contribution in [1.29, 1.82) is 0 Å². The summed E-state index contributed by atoms with van der Waals surface area (Å²) in [5, 5.41) is 4.05. The van der Waals surface area contributed by atoms with E-state index >= 15 is 0 Å². The number of aryl methyl sites for hydroxylation is 1. The van der Waals surface area contributed by atoms with Crippen LogP contribution in [0.4, 0.5) is 0 Å². The van der Waals surface area contributed by atoms with Crippen molar-refractivity contribution in [2.24, 2.45) is 0 Å². The third-order valence-electron chi connectivity index (χ3n) is 7.24. The quantitative estimate of drug-likeness (QED) is 0.277. The molecule has 4 rings (SSSR count). The van der Waals surface area contributed by atoms with Gasteiger partial charge in [-0.1, -0.05) is 12.1 Å². The Hall–Kier alpha value is -2.88. The fourth-order valence-corrected chi connectivity index (χ4v) is 6.45. The van der Waals surface area contributed by atoms with E-state index in [2.05, 4.69) is 23.3 Å². The fourth-order valence-electron chi connectivity index (χ4n) is 4.83. The standard InChI is InChI=1S/C30H39N3O4S2/c1-23-11-18-39-28(23)21-32(14-10-24-8-9-26(36-2)27(19-24)37-3)30(35)22-33(16-15-31-12-4-5-13-31)29(34)20-25-7-6-17-38-25/h6-9,11,17-19H,4-5,10,12-16,20-22H2,1-3H3. The second-order valence-electron chi connectivity index (χ2n) is 9.90. The summed E-state index contributed by atoms with van der Waals surface area (Å²) in [6, 6.07) is 11.9. The van der Waals surface area contributed by atoms with Crippen LogP contribution in [0.1, 0.15) is 33.7 Å². The number of likely N-dealkylation sites (tertiary alicyclic amines) is 1. The third-order valence-corrected chi connectivity index (χ3v) is 9.13. The van der Waals surface area contributed by atoms with E-state index in [-0.39, 0.29) is 18.4 Å². The molecule has 3 aromatic rings. The first kappa shape index (κ1) is 29.1. The van der Waals surface area contributed by atoms with Crippen LogP contribution in [0.5, 0.6) is 11.5 Å². The molecule has 2 aromatic heterocycles. The van der Waals surface area contributed by atoms with Crippen LogP contribution in [0.3, 0.4) is 0 Å². The lowest BCUT2D eigenvalue weighted by molar-refractivity contribution is -0.140. The zero-order chi connectivity index (χ0) is 27.6. The van der Waals surface area contributed by atoms with Gasteiger partial charge in [-0.25, -0.2) is 0 Å². The Kier molecular flexibility index (Phi) is 10.8. The van der Waals surface area contributed by atoms with E-state index < -0.39 is 0 Å². The van der Waals surface area contributed by atoms with E-state index in [1.165, 1.54) is 23.3 Å². The summed E-state index contributed by atoms with van der Waals surface area (Å²) < 4.78 is 10.8. The molecule has 0 aliphatic carbocycles. The number of carbonyl (C=O) groups is 2. The van der Waals surface area contributed by atoms with E-state index in [0.717, 1.165) is 30.1 Å². The molecule has 1 saturated heterocycles. The van der Waals surface area contributed by atoms with E-state index in [0.29, 0.717) is 44.0 Å². The molecule has 0 bridgehead atoms. The molecule has 0 spiro atoms. The monoisotopic (exact) mass is 569 g/mol. The first-order chi connectivity index (χ1) is 19.0. The van der Waals surface area contributed by atoms with Gasteiger partial charge in [-0.3, -0.25) is 9.59 Å². The number of nitrogens with zero attached hydrogens (tertiary/aromatic N) is 3. The second kappa shape index (κ2) is 14.5. The maximum absolute atomic E-state index is 13.8. The molecule has 1 fully saturated rings. The Morgan fingerprint density at radius 3 is 2.38 bits per heavy atom. The van der Waals surface area contributed by atoms with Crippen LogP contribution in [-0.4, -0.2) is 80.0 Å². The maximum atomic E-state index is 13.8. The normalized spacial score (nSPS) is 13.4. The molecule has 39 heavy (non-hydrogen) atoms. The van der Waals surface area contributed by atoms with Crippen LogP contribution >= 0.6 is 22.7 Å². The van der Waals surface area contributed by atoms with Crippen molar-refractivity contribution in [1.82, 2.24) is 14.7 Å². The Morgan fingerprint density at radius 1 is 0.923 bits per heavy atom. The molecule has 0 unspecified atom stereocenters.